The molecule has 4 nitrogen and oxygen atoms in total. The molecule has 0 spiro atoms. The molecule has 2 atom stereocenters. The van der Waals surface area contributed by atoms with Crippen LogP contribution in [0, 0.1) is 0 Å². The van der Waals surface area contributed by atoms with Crippen molar-refractivity contribution >= 4 is 18.4 Å². The molecule has 0 radical (unpaired) electrons. The van der Waals surface area contributed by atoms with Crippen LogP contribution in [0.2, 0.25) is 0 Å². The summed E-state index contributed by atoms with van der Waals surface area (Å²) < 4.78 is 0. The second-order valence-corrected chi connectivity index (χ2v) is 3.11. The lowest BCUT2D eigenvalue weighted by Crippen LogP contribution is -2.31. The van der Waals surface area contributed by atoms with Gasteiger partial charge >= 0.3 is 5.97 Å². The van der Waals surface area contributed by atoms with Gasteiger partial charge in [0.1, 0.15) is 6.04 Å². The molecule has 0 aliphatic rings. The molecule has 0 amide bonds. The summed E-state index contributed by atoms with van der Waals surface area (Å²) in [5, 5.41) is 18.1. The molecule has 0 saturated heterocycles. The third-order valence-corrected chi connectivity index (χ3v) is 1.98. The number of hydrogen-bond acceptors (Lipinski definition) is 3. The second-order valence-electron chi connectivity index (χ2n) is 3.11. The summed E-state index contributed by atoms with van der Waals surface area (Å²) >= 11 is 0. The molecule has 4 N–H and O–H groups in total. The highest BCUT2D eigenvalue weighted by Gasteiger charge is 2.17. The number of aliphatic hydroxyl groups is 1. The van der Waals surface area contributed by atoms with Crippen LogP contribution in [0.15, 0.2) is 30.3 Å². The summed E-state index contributed by atoms with van der Waals surface area (Å²) in [5.74, 6) is -1.10. The van der Waals surface area contributed by atoms with Crippen LogP contribution in [0.3, 0.4) is 0 Å². The van der Waals surface area contributed by atoms with Gasteiger partial charge in [-0.2, -0.15) is 0 Å². The van der Waals surface area contributed by atoms with Crippen molar-refractivity contribution in [2.75, 3.05) is 0 Å². The summed E-state index contributed by atoms with van der Waals surface area (Å²) in [6.45, 7) is 0. The van der Waals surface area contributed by atoms with Crippen molar-refractivity contribution in [2.24, 2.45) is 5.73 Å². The van der Waals surface area contributed by atoms with Crippen molar-refractivity contribution in [3.8, 4) is 0 Å². The zero-order chi connectivity index (χ0) is 10.6. The van der Waals surface area contributed by atoms with Crippen molar-refractivity contribution in [1.82, 2.24) is 0 Å². The van der Waals surface area contributed by atoms with Gasteiger partial charge in [-0.1, -0.05) is 30.3 Å². The molecular weight excluding hydrogens is 218 g/mol. The fourth-order valence-electron chi connectivity index (χ4n) is 1.15. The topological polar surface area (TPSA) is 83.5 Å². The number of halogens is 1. The molecule has 2 unspecified atom stereocenters. The minimum atomic E-state index is -1.10. The molecule has 0 aliphatic carbocycles. The smallest absolute Gasteiger partial charge is 0.320 e. The second kappa shape index (κ2) is 6.40. The number of carboxylic acids is 1. The molecule has 0 aromatic heterocycles. The predicted octanol–water partition coefficient (Wildman–Crippen LogP) is 0.944. The SMILES string of the molecule is Cl.NC(CC(O)c1ccccc1)C(=O)O. The lowest BCUT2D eigenvalue weighted by Gasteiger charge is -2.13. The van der Waals surface area contributed by atoms with Gasteiger partial charge in [-0.3, -0.25) is 4.79 Å². The van der Waals surface area contributed by atoms with Crippen LogP contribution in [-0.4, -0.2) is 22.2 Å². The van der Waals surface area contributed by atoms with Crippen LogP contribution in [-0.2, 0) is 4.79 Å². The third kappa shape index (κ3) is 4.29. The Balaban J connectivity index is 0.00000196. The quantitative estimate of drug-likeness (QED) is 0.720. The zero-order valence-electron chi connectivity index (χ0n) is 8.04. The van der Waals surface area contributed by atoms with Crippen molar-refractivity contribution in [2.45, 2.75) is 18.6 Å². The van der Waals surface area contributed by atoms with E-state index in [1.54, 1.807) is 24.3 Å². The Morgan fingerprint density at radius 3 is 2.33 bits per heavy atom. The molecule has 1 aromatic rings. The van der Waals surface area contributed by atoms with Crippen molar-refractivity contribution in [3.05, 3.63) is 35.9 Å². The Morgan fingerprint density at radius 1 is 1.33 bits per heavy atom. The van der Waals surface area contributed by atoms with Gasteiger partial charge in [0.2, 0.25) is 0 Å². The van der Waals surface area contributed by atoms with Gasteiger partial charge in [0.05, 0.1) is 6.10 Å². The van der Waals surface area contributed by atoms with E-state index in [9.17, 15) is 9.90 Å². The average molecular weight is 232 g/mol. The van der Waals surface area contributed by atoms with Gasteiger partial charge in [0.15, 0.2) is 0 Å². The molecule has 0 heterocycles. The van der Waals surface area contributed by atoms with Gasteiger partial charge in [0.25, 0.3) is 0 Å². The maximum atomic E-state index is 10.4. The highest BCUT2D eigenvalue weighted by atomic mass is 35.5. The van der Waals surface area contributed by atoms with Crippen LogP contribution in [0.4, 0.5) is 0 Å². The first kappa shape index (κ1) is 13.9. The molecular formula is C10H14ClNO3. The molecule has 0 saturated carbocycles. The number of hydrogen-bond donors (Lipinski definition) is 3. The molecule has 15 heavy (non-hydrogen) atoms. The van der Waals surface area contributed by atoms with Gasteiger partial charge < -0.3 is 15.9 Å². The number of aliphatic hydroxyl groups excluding tert-OH is 1. The summed E-state index contributed by atoms with van der Waals surface area (Å²) in [5.41, 5.74) is 5.98. The third-order valence-electron chi connectivity index (χ3n) is 1.98. The standard InChI is InChI=1S/C10H13NO3.ClH/c11-8(10(13)14)6-9(12)7-4-2-1-3-5-7;/h1-5,8-9,12H,6,11H2,(H,13,14);1H. The number of benzene rings is 1. The van der Waals surface area contributed by atoms with Crippen LogP contribution >= 0.6 is 12.4 Å². The van der Waals surface area contributed by atoms with Gasteiger partial charge in [-0.15, -0.1) is 12.4 Å². The molecule has 0 aliphatic heterocycles. The Labute approximate surface area is 94.1 Å². The monoisotopic (exact) mass is 231 g/mol. The number of carbonyl (C=O) groups is 1. The molecule has 5 heteroatoms. The number of rotatable bonds is 4. The minimum absolute atomic E-state index is 0. The van der Waals surface area contributed by atoms with E-state index in [4.69, 9.17) is 10.8 Å². The molecule has 1 aromatic carbocycles. The van der Waals surface area contributed by atoms with E-state index in [0.717, 1.165) is 0 Å². The highest BCUT2D eigenvalue weighted by Crippen LogP contribution is 2.16. The van der Waals surface area contributed by atoms with Crippen LogP contribution in [0.1, 0.15) is 18.1 Å². The summed E-state index contributed by atoms with van der Waals surface area (Å²) in [6.07, 6.45) is -0.790. The summed E-state index contributed by atoms with van der Waals surface area (Å²) in [7, 11) is 0. The molecule has 84 valence electrons. The Morgan fingerprint density at radius 2 is 1.87 bits per heavy atom. The number of carboxylic acid groups (broad SMARTS) is 1. The summed E-state index contributed by atoms with van der Waals surface area (Å²) in [4.78, 5) is 10.4. The first-order valence-corrected chi connectivity index (χ1v) is 4.32. The van der Waals surface area contributed by atoms with Gasteiger partial charge in [-0.25, -0.2) is 0 Å². The lowest BCUT2D eigenvalue weighted by atomic mass is 10.0. The first-order valence-electron chi connectivity index (χ1n) is 4.32. The minimum Gasteiger partial charge on any atom is -0.480 e. The highest BCUT2D eigenvalue weighted by molar-refractivity contribution is 5.85. The van der Waals surface area contributed by atoms with E-state index in [0.29, 0.717) is 5.56 Å². The number of aliphatic carboxylic acids is 1. The molecule has 0 fully saturated rings. The van der Waals surface area contributed by atoms with Gasteiger partial charge in [-0.05, 0) is 5.56 Å². The maximum Gasteiger partial charge on any atom is 0.320 e. The van der Waals surface area contributed by atoms with E-state index in [2.05, 4.69) is 0 Å². The number of nitrogens with two attached hydrogens (primary N) is 1. The van der Waals surface area contributed by atoms with E-state index < -0.39 is 18.1 Å². The van der Waals surface area contributed by atoms with E-state index in [1.165, 1.54) is 0 Å². The van der Waals surface area contributed by atoms with E-state index >= 15 is 0 Å². The first-order chi connectivity index (χ1) is 6.61. The van der Waals surface area contributed by atoms with E-state index in [-0.39, 0.29) is 18.8 Å². The fourth-order valence-corrected chi connectivity index (χ4v) is 1.15. The van der Waals surface area contributed by atoms with E-state index in [1.807, 2.05) is 6.07 Å². The summed E-state index contributed by atoms with van der Waals surface area (Å²) in [6, 6.07) is 7.84. The maximum absolute atomic E-state index is 10.4. The van der Waals surface area contributed by atoms with Crippen LogP contribution in [0.25, 0.3) is 0 Å². The zero-order valence-corrected chi connectivity index (χ0v) is 8.85. The Bertz CT molecular complexity index is 305. The van der Waals surface area contributed by atoms with Crippen LogP contribution < -0.4 is 5.73 Å². The lowest BCUT2D eigenvalue weighted by molar-refractivity contribution is -0.139. The Hall–Kier alpha value is -1.10. The largest absolute Gasteiger partial charge is 0.480 e. The van der Waals surface area contributed by atoms with Crippen LogP contribution in [0.5, 0.6) is 0 Å². The predicted molar refractivity (Wildman–Crippen MR) is 58.9 cm³/mol. The Kier molecular flexibility index (Phi) is 5.93. The van der Waals surface area contributed by atoms with Crippen molar-refractivity contribution in [3.63, 3.8) is 0 Å². The van der Waals surface area contributed by atoms with Gasteiger partial charge in [0, 0.05) is 6.42 Å². The van der Waals surface area contributed by atoms with Crippen molar-refractivity contribution < 1.29 is 15.0 Å². The molecule has 0 bridgehead atoms. The molecule has 1 rings (SSSR count). The normalized spacial score (nSPS) is 13.7. The fraction of sp³-hybridized carbons (Fsp3) is 0.300. The average Bonchev–Trinajstić information content (AvgIpc) is 2.19. The van der Waals surface area contributed by atoms with Crippen molar-refractivity contribution in [1.29, 1.82) is 0 Å².